The lowest BCUT2D eigenvalue weighted by Gasteiger charge is -2.46. The van der Waals surface area contributed by atoms with Gasteiger partial charge in [-0.1, -0.05) is 29.8 Å². The molecule has 6 rings (SSSR count). The smallest absolute Gasteiger partial charge is 0.328 e. The Morgan fingerprint density at radius 1 is 1.18 bits per heavy atom. The molecule has 2 aliphatic heterocycles. The van der Waals surface area contributed by atoms with Crippen LogP contribution in [-0.2, 0) is 26.6 Å². The highest BCUT2D eigenvalue weighted by molar-refractivity contribution is 7.90. The van der Waals surface area contributed by atoms with E-state index >= 15 is 0 Å². The Morgan fingerprint density at radius 3 is 2.85 bits per heavy atom. The molecule has 0 radical (unpaired) electrons. The van der Waals surface area contributed by atoms with Crippen LogP contribution in [0.3, 0.4) is 0 Å². The number of methoxy groups -OCH3 is 1. The molecule has 4 aliphatic rings. The maximum Gasteiger partial charge on any atom is 0.328 e. The first kappa shape index (κ1) is 26.5. The third-order valence-corrected chi connectivity index (χ3v) is 10.4. The molecule has 2 aromatic carbocycles. The lowest BCUT2D eigenvalue weighted by Crippen LogP contribution is -2.49. The van der Waals surface area contributed by atoms with Crippen LogP contribution in [0.2, 0.25) is 5.02 Å². The molecule has 39 heavy (non-hydrogen) atoms. The number of ether oxygens (including phenoxy) is 2. The minimum atomic E-state index is -4.09. The zero-order valence-electron chi connectivity index (χ0n) is 22.0. The number of hydrogen-bond donors (Lipinski definition) is 2. The van der Waals surface area contributed by atoms with Crippen LogP contribution in [0.1, 0.15) is 36.8 Å². The summed E-state index contributed by atoms with van der Waals surface area (Å²) >= 11 is 6.37. The van der Waals surface area contributed by atoms with Crippen molar-refractivity contribution < 1.29 is 22.7 Å². The number of fused-ring (bicyclic) bond motifs is 4. The van der Waals surface area contributed by atoms with Crippen LogP contribution in [0.5, 0.6) is 5.75 Å². The van der Waals surface area contributed by atoms with E-state index in [9.17, 15) is 13.2 Å². The van der Waals surface area contributed by atoms with Crippen LogP contribution >= 0.6 is 11.6 Å². The number of halogens is 1. The van der Waals surface area contributed by atoms with Crippen molar-refractivity contribution in [2.24, 2.45) is 11.8 Å². The minimum Gasteiger partial charge on any atom is -0.490 e. The van der Waals surface area contributed by atoms with Crippen LogP contribution in [0.25, 0.3) is 0 Å². The molecule has 208 valence electrons. The van der Waals surface area contributed by atoms with Crippen molar-refractivity contribution in [2.45, 2.75) is 48.5 Å². The second-order valence-electron chi connectivity index (χ2n) is 11.2. The molecule has 8 nitrogen and oxygen atoms in total. The van der Waals surface area contributed by atoms with Gasteiger partial charge in [-0.15, -0.1) is 0 Å². The summed E-state index contributed by atoms with van der Waals surface area (Å²) in [5.74, 6) is 1.35. The van der Waals surface area contributed by atoms with Crippen LogP contribution < -0.4 is 19.7 Å². The predicted octanol–water partition coefficient (Wildman–Crippen LogP) is 4.41. The highest BCUT2D eigenvalue weighted by Crippen LogP contribution is 2.47. The number of hydrogen-bond acceptors (Lipinski definition) is 6. The third kappa shape index (κ3) is 5.00. The van der Waals surface area contributed by atoms with E-state index in [2.05, 4.69) is 27.1 Å². The summed E-state index contributed by atoms with van der Waals surface area (Å²) in [5.41, 5.74) is 3.00. The molecule has 0 unspecified atom stereocenters. The number of carbonyl (C=O) groups is 1. The van der Waals surface area contributed by atoms with Crippen molar-refractivity contribution in [3.63, 3.8) is 0 Å². The third-order valence-electron chi connectivity index (χ3n) is 8.88. The van der Waals surface area contributed by atoms with Gasteiger partial charge in [-0.25, -0.2) is 17.9 Å². The Hall–Kier alpha value is -2.75. The van der Waals surface area contributed by atoms with Crippen molar-refractivity contribution in [2.75, 3.05) is 38.3 Å². The van der Waals surface area contributed by atoms with Gasteiger partial charge in [-0.3, -0.25) is 0 Å². The van der Waals surface area contributed by atoms with Gasteiger partial charge in [-0.05, 0) is 85.4 Å². The summed E-state index contributed by atoms with van der Waals surface area (Å²) in [4.78, 5) is 14.7. The molecular weight excluding hydrogens is 538 g/mol. The maximum atomic E-state index is 13.2. The number of anilines is 1. The van der Waals surface area contributed by atoms with Gasteiger partial charge in [0.05, 0.1) is 23.3 Å². The maximum absolute atomic E-state index is 13.2. The van der Waals surface area contributed by atoms with Crippen molar-refractivity contribution in [1.82, 2.24) is 10.0 Å². The van der Waals surface area contributed by atoms with Crippen LogP contribution in [0, 0.1) is 11.8 Å². The second kappa shape index (κ2) is 10.3. The zero-order valence-corrected chi connectivity index (χ0v) is 23.6. The number of nitrogens with zero attached hydrogens (tertiary/aromatic N) is 1. The van der Waals surface area contributed by atoms with Gasteiger partial charge in [0.25, 0.3) is 10.0 Å². The van der Waals surface area contributed by atoms with Crippen LogP contribution in [0.15, 0.2) is 53.4 Å². The molecule has 1 saturated carbocycles. The summed E-state index contributed by atoms with van der Waals surface area (Å²) in [6.07, 6.45) is 8.83. The van der Waals surface area contributed by atoms with E-state index < -0.39 is 16.1 Å². The van der Waals surface area contributed by atoms with Crippen molar-refractivity contribution >= 4 is 33.3 Å². The molecule has 0 aromatic heterocycles. The first-order valence-corrected chi connectivity index (χ1v) is 15.4. The number of aryl methyl sites for hydroxylation is 1. The monoisotopic (exact) mass is 571 g/mol. The highest BCUT2D eigenvalue weighted by atomic mass is 35.5. The summed E-state index contributed by atoms with van der Waals surface area (Å²) in [6.45, 7) is 2.15. The van der Waals surface area contributed by atoms with E-state index in [4.69, 9.17) is 21.1 Å². The SMILES string of the molecule is CO[C@@H]1C=CCNC(=O)NS(=O)(=O)c2ccc3c(c2)N(C[C@@H]2CC[C@H]21)C[C@@]1(CCCc2cc(Cl)ccc21)CO3. The number of carbonyl (C=O) groups excluding carboxylic acids is 1. The molecule has 1 fully saturated rings. The quantitative estimate of drug-likeness (QED) is 0.492. The summed E-state index contributed by atoms with van der Waals surface area (Å²) in [6, 6.07) is 10.3. The Morgan fingerprint density at radius 2 is 2.05 bits per heavy atom. The lowest BCUT2D eigenvalue weighted by atomic mass is 9.68. The molecule has 2 aromatic rings. The fourth-order valence-electron chi connectivity index (χ4n) is 6.77. The van der Waals surface area contributed by atoms with Gasteiger partial charge in [-0.2, -0.15) is 0 Å². The Bertz CT molecular complexity index is 1410. The van der Waals surface area contributed by atoms with E-state index in [-0.39, 0.29) is 23.0 Å². The summed E-state index contributed by atoms with van der Waals surface area (Å²) in [7, 11) is -2.37. The molecule has 2 N–H and O–H groups in total. The predicted molar refractivity (Wildman–Crippen MR) is 150 cm³/mol. The zero-order chi connectivity index (χ0) is 27.2. The molecule has 2 heterocycles. The molecule has 1 spiro atoms. The molecule has 2 bridgehead atoms. The first-order chi connectivity index (χ1) is 18.8. The lowest BCUT2D eigenvalue weighted by molar-refractivity contribution is 0.0132. The second-order valence-corrected chi connectivity index (χ2v) is 13.3. The average Bonchev–Trinajstić information content (AvgIpc) is 3.04. The van der Waals surface area contributed by atoms with Gasteiger partial charge in [0, 0.05) is 37.2 Å². The van der Waals surface area contributed by atoms with E-state index in [0.29, 0.717) is 30.7 Å². The normalized spacial score (nSPS) is 29.7. The molecule has 0 saturated heterocycles. The number of sulfonamides is 1. The number of nitrogens with one attached hydrogen (secondary N) is 2. The van der Waals surface area contributed by atoms with E-state index in [0.717, 1.165) is 49.4 Å². The standard InChI is InChI=1S/C29H34ClN3O5S/c1-37-26-5-3-13-31-28(34)32-39(35,36)22-8-11-27-25(15-22)33(16-20-6-9-23(20)26)17-29(18-38-27)12-2-4-19-14-21(30)7-10-24(19)29/h3,5,7-8,10-11,14-15,20,23,26H,2,4,6,9,12-13,16-18H2,1H3,(H2,31,32,34)/t20-,23+,26+,29-/m0/s1. The van der Waals surface area contributed by atoms with Crippen molar-refractivity contribution in [1.29, 1.82) is 0 Å². The van der Waals surface area contributed by atoms with Gasteiger partial charge in [0.2, 0.25) is 0 Å². The number of amides is 2. The van der Waals surface area contributed by atoms with E-state index in [1.54, 1.807) is 19.2 Å². The topological polar surface area (TPSA) is 97.0 Å². The fourth-order valence-corrected chi connectivity index (χ4v) is 7.91. The molecule has 2 aliphatic carbocycles. The van der Waals surface area contributed by atoms with Gasteiger partial charge in [0.15, 0.2) is 0 Å². The van der Waals surface area contributed by atoms with E-state index in [1.165, 1.54) is 17.2 Å². The molecule has 4 atom stereocenters. The summed E-state index contributed by atoms with van der Waals surface area (Å²) < 4.78 is 40.8. The fraction of sp³-hybridized carbons (Fsp3) is 0.483. The van der Waals surface area contributed by atoms with Crippen molar-refractivity contribution in [3.05, 3.63) is 64.7 Å². The highest BCUT2D eigenvalue weighted by Gasteiger charge is 2.44. The average molecular weight is 572 g/mol. The first-order valence-electron chi connectivity index (χ1n) is 13.6. The summed E-state index contributed by atoms with van der Waals surface area (Å²) in [5, 5.41) is 3.33. The Kier molecular flexibility index (Phi) is 7.02. The van der Waals surface area contributed by atoms with Gasteiger partial charge >= 0.3 is 6.03 Å². The molecular formula is C29H34ClN3O5S. The van der Waals surface area contributed by atoms with Crippen molar-refractivity contribution in [3.8, 4) is 5.75 Å². The number of rotatable bonds is 1. The van der Waals surface area contributed by atoms with Gasteiger partial charge in [0.1, 0.15) is 5.75 Å². The molecule has 2 amide bonds. The number of urea groups is 1. The van der Waals surface area contributed by atoms with Gasteiger partial charge < -0.3 is 19.7 Å². The van der Waals surface area contributed by atoms with Crippen LogP contribution in [-0.4, -0.2) is 53.9 Å². The Balaban J connectivity index is 1.45. The minimum absolute atomic E-state index is 0.0297. The number of benzene rings is 2. The Labute approximate surface area is 234 Å². The largest absolute Gasteiger partial charge is 0.490 e. The van der Waals surface area contributed by atoms with E-state index in [1.807, 2.05) is 18.2 Å². The molecule has 10 heteroatoms. The van der Waals surface area contributed by atoms with Crippen LogP contribution in [0.4, 0.5) is 10.5 Å².